The number of hydrogen-bond donors (Lipinski definition) is 3. The second kappa shape index (κ2) is 3.73. The van der Waals surface area contributed by atoms with Gasteiger partial charge in [-0.05, 0) is 30.0 Å². The molecular weight excluding hydrogens is 226 g/mol. The van der Waals surface area contributed by atoms with Gasteiger partial charge in [-0.3, -0.25) is 0 Å². The van der Waals surface area contributed by atoms with Gasteiger partial charge in [0.25, 0.3) is 0 Å². The molecular formula is C13H13N5. The van der Waals surface area contributed by atoms with Crippen LogP contribution in [0.3, 0.4) is 0 Å². The first-order valence-electron chi connectivity index (χ1n) is 5.61. The minimum atomic E-state index is 0.188. The molecule has 0 spiro atoms. The van der Waals surface area contributed by atoms with Crippen LogP contribution in [0, 0.1) is 6.92 Å². The van der Waals surface area contributed by atoms with E-state index in [0.717, 1.165) is 22.3 Å². The first kappa shape index (κ1) is 10.6. The zero-order chi connectivity index (χ0) is 12.7. The van der Waals surface area contributed by atoms with Gasteiger partial charge in [0.05, 0.1) is 0 Å². The Morgan fingerprint density at radius 2 is 2.00 bits per heavy atom. The van der Waals surface area contributed by atoms with Crippen molar-refractivity contribution in [3.63, 3.8) is 0 Å². The Labute approximate surface area is 104 Å². The van der Waals surface area contributed by atoms with Crippen LogP contribution in [0.5, 0.6) is 0 Å². The number of aromatic nitrogens is 3. The van der Waals surface area contributed by atoms with Crippen molar-refractivity contribution in [2.75, 3.05) is 11.5 Å². The maximum Gasteiger partial charge on any atom is 0.221 e. The molecule has 0 aliphatic rings. The number of benzene rings is 1. The minimum absolute atomic E-state index is 0.188. The summed E-state index contributed by atoms with van der Waals surface area (Å²) in [5.74, 6) is 0.582. The van der Waals surface area contributed by atoms with Gasteiger partial charge in [-0.2, -0.15) is 4.98 Å². The van der Waals surface area contributed by atoms with Crippen molar-refractivity contribution in [3.05, 3.63) is 36.2 Å². The highest BCUT2D eigenvalue weighted by molar-refractivity contribution is 5.87. The number of hydrogen-bond acceptors (Lipinski definition) is 4. The molecule has 18 heavy (non-hydrogen) atoms. The van der Waals surface area contributed by atoms with Gasteiger partial charge in [-0.25, -0.2) is 4.98 Å². The van der Waals surface area contributed by atoms with E-state index < -0.39 is 0 Å². The quantitative estimate of drug-likeness (QED) is 0.606. The number of nitrogens with zero attached hydrogens (tertiary/aromatic N) is 2. The van der Waals surface area contributed by atoms with Gasteiger partial charge in [0.1, 0.15) is 5.82 Å². The maximum atomic E-state index is 5.86. The number of nitrogens with two attached hydrogens (primary N) is 2. The van der Waals surface area contributed by atoms with Crippen LogP contribution in [0.15, 0.2) is 30.5 Å². The Bertz CT molecular complexity index is 729. The van der Waals surface area contributed by atoms with Gasteiger partial charge in [-0.15, -0.1) is 0 Å². The molecule has 0 amide bonds. The first-order chi connectivity index (χ1) is 8.63. The van der Waals surface area contributed by atoms with Gasteiger partial charge in [-0.1, -0.05) is 12.1 Å². The van der Waals surface area contributed by atoms with Crippen molar-refractivity contribution in [2.45, 2.75) is 6.92 Å². The van der Waals surface area contributed by atoms with Crippen LogP contribution in [0.1, 0.15) is 5.69 Å². The number of nitrogen functional groups attached to an aromatic ring is 2. The number of anilines is 2. The average molecular weight is 239 g/mol. The number of aromatic amines is 1. The van der Waals surface area contributed by atoms with Gasteiger partial charge >= 0.3 is 0 Å². The zero-order valence-electron chi connectivity index (χ0n) is 9.94. The molecule has 1 aromatic carbocycles. The topological polar surface area (TPSA) is 93.6 Å². The van der Waals surface area contributed by atoms with Gasteiger partial charge in [0.15, 0.2) is 0 Å². The molecule has 2 heterocycles. The van der Waals surface area contributed by atoms with Crippen molar-refractivity contribution in [2.24, 2.45) is 0 Å². The van der Waals surface area contributed by atoms with Crippen LogP contribution in [0.4, 0.5) is 11.8 Å². The molecule has 5 N–H and O–H groups in total. The first-order valence-corrected chi connectivity index (χ1v) is 5.61. The number of aryl methyl sites for hydroxylation is 1. The van der Waals surface area contributed by atoms with Gasteiger partial charge in [0.2, 0.25) is 5.95 Å². The fourth-order valence-electron chi connectivity index (χ4n) is 2.07. The molecule has 0 aliphatic carbocycles. The van der Waals surface area contributed by atoms with Crippen LogP contribution >= 0.6 is 0 Å². The van der Waals surface area contributed by atoms with E-state index in [1.165, 1.54) is 5.39 Å². The Kier molecular flexibility index (Phi) is 2.19. The summed E-state index contributed by atoms with van der Waals surface area (Å²) in [5.41, 5.74) is 15.3. The fraction of sp³-hybridized carbons (Fsp3) is 0.0769. The summed E-state index contributed by atoms with van der Waals surface area (Å²) in [4.78, 5) is 11.2. The molecule has 0 saturated carbocycles. The molecule has 0 saturated heterocycles. The normalized spacial score (nSPS) is 10.9. The lowest BCUT2D eigenvalue weighted by Crippen LogP contribution is -2.00. The lowest BCUT2D eigenvalue weighted by Gasteiger charge is -2.05. The highest BCUT2D eigenvalue weighted by Crippen LogP contribution is 2.27. The summed E-state index contributed by atoms with van der Waals surface area (Å²) in [6.45, 7) is 2.03. The second-order valence-electron chi connectivity index (χ2n) is 4.28. The van der Waals surface area contributed by atoms with Gasteiger partial charge < -0.3 is 16.5 Å². The third-order valence-electron chi connectivity index (χ3n) is 2.91. The largest absolute Gasteiger partial charge is 0.383 e. The van der Waals surface area contributed by atoms with E-state index in [0.29, 0.717) is 5.82 Å². The summed E-state index contributed by atoms with van der Waals surface area (Å²) in [6, 6.07) is 8.18. The molecule has 0 atom stereocenters. The summed E-state index contributed by atoms with van der Waals surface area (Å²) >= 11 is 0. The molecule has 3 aromatic rings. The molecule has 0 bridgehead atoms. The van der Waals surface area contributed by atoms with Crippen LogP contribution in [-0.4, -0.2) is 15.0 Å². The smallest absolute Gasteiger partial charge is 0.221 e. The lowest BCUT2D eigenvalue weighted by atomic mass is 10.1. The Hall–Kier alpha value is -2.56. The standard InChI is InChI=1S/C13H13N5/c1-7-4-9-3-2-8(5-11(9)17-7)10-6-16-13(15)18-12(10)14/h2-6,17H,1H3,(H4,14,15,16,18). The van der Waals surface area contributed by atoms with Gasteiger partial charge in [0, 0.05) is 23.0 Å². The van der Waals surface area contributed by atoms with Crippen LogP contribution < -0.4 is 11.5 Å². The summed E-state index contributed by atoms with van der Waals surface area (Å²) in [7, 11) is 0. The Morgan fingerprint density at radius 3 is 2.78 bits per heavy atom. The van der Waals surface area contributed by atoms with E-state index in [-0.39, 0.29) is 5.95 Å². The van der Waals surface area contributed by atoms with E-state index in [1.807, 2.05) is 25.1 Å². The van der Waals surface area contributed by atoms with Crippen molar-refractivity contribution >= 4 is 22.7 Å². The molecule has 5 heteroatoms. The highest BCUT2D eigenvalue weighted by Gasteiger charge is 2.07. The second-order valence-corrected chi connectivity index (χ2v) is 4.28. The molecule has 0 fully saturated rings. The monoisotopic (exact) mass is 239 g/mol. The van der Waals surface area contributed by atoms with Crippen molar-refractivity contribution in [3.8, 4) is 11.1 Å². The number of rotatable bonds is 1. The van der Waals surface area contributed by atoms with E-state index in [2.05, 4.69) is 21.0 Å². The Balaban J connectivity index is 2.18. The molecule has 0 unspecified atom stereocenters. The average Bonchev–Trinajstić information content (AvgIpc) is 2.68. The van der Waals surface area contributed by atoms with E-state index in [4.69, 9.17) is 11.5 Å². The van der Waals surface area contributed by atoms with E-state index in [9.17, 15) is 0 Å². The lowest BCUT2D eigenvalue weighted by molar-refractivity contribution is 1.20. The molecule has 0 aliphatic heterocycles. The van der Waals surface area contributed by atoms with Crippen molar-refractivity contribution in [1.29, 1.82) is 0 Å². The summed E-state index contributed by atoms with van der Waals surface area (Å²) in [5, 5.41) is 1.17. The predicted molar refractivity (Wildman–Crippen MR) is 72.9 cm³/mol. The third-order valence-corrected chi connectivity index (χ3v) is 2.91. The number of fused-ring (bicyclic) bond motifs is 1. The van der Waals surface area contributed by atoms with Crippen molar-refractivity contribution in [1.82, 2.24) is 15.0 Å². The molecule has 2 aromatic heterocycles. The SMILES string of the molecule is Cc1cc2ccc(-c3cnc(N)nc3N)cc2[nH]1. The predicted octanol–water partition coefficient (Wildman–Crippen LogP) is 2.10. The molecule has 5 nitrogen and oxygen atoms in total. The molecule has 90 valence electrons. The number of nitrogens with one attached hydrogen (secondary N) is 1. The van der Waals surface area contributed by atoms with E-state index in [1.54, 1.807) is 6.20 Å². The van der Waals surface area contributed by atoms with Crippen LogP contribution in [0.25, 0.3) is 22.0 Å². The molecule has 3 rings (SSSR count). The fourth-order valence-corrected chi connectivity index (χ4v) is 2.07. The number of H-pyrrole nitrogens is 1. The van der Waals surface area contributed by atoms with Crippen molar-refractivity contribution < 1.29 is 0 Å². The highest BCUT2D eigenvalue weighted by atomic mass is 15.0. The molecule has 0 radical (unpaired) electrons. The summed E-state index contributed by atoms with van der Waals surface area (Å²) in [6.07, 6.45) is 1.65. The maximum absolute atomic E-state index is 5.86. The van der Waals surface area contributed by atoms with E-state index >= 15 is 0 Å². The van der Waals surface area contributed by atoms with Crippen LogP contribution in [0.2, 0.25) is 0 Å². The summed E-state index contributed by atoms with van der Waals surface area (Å²) < 4.78 is 0. The van der Waals surface area contributed by atoms with Crippen LogP contribution in [-0.2, 0) is 0 Å². The third kappa shape index (κ3) is 1.66. The minimum Gasteiger partial charge on any atom is -0.383 e. The zero-order valence-corrected chi connectivity index (χ0v) is 9.94. The Morgan fingerprint density at radius 1 is 1.17 bits per heavy atom.